The molecule has 0 radical (unpaired) electrons. The van der Waals surface area contributed by atoms with Crippen molar-refractivity contribution in [2.75, 3.05) is 4.90 Å². The molecule has 12 rings (SSSR count). The molecule has 54 heavy (non-hydrogen) atoms. The summed E-state index contributed by atoms with van der Waals surface area (Å²) in [5.74, 6) is 2.90. The van der Waals surface area contributed by atoms with E-state index in [1.807, 2.05) is 0 Å². The van der Waals surface area contributed by atoms with Gasteiger partial charge in [0, 0.05) is 22.4 Å². The second kappa shape index (κ2) is 12.2. The van der Waals surface area contributed by atoms with Crippen LogP contribution in [0, 0.1) is 17.8 Å². The fourth-order valence-electron chi connectivity index (χ4n) is 12.2. The van der Waals surface area contributed by atoms with Crippen molar-refractivity contribution in [3.05, 3.63) is 168 Å². The summed E-state index contributed by atoms with van der Waals surface area (Å²) in [6.45, 7) is 4.82. The van der Waals surface area contributed by atoms with Crippen LogP contribution in [0.1, 0.15) is 81.9 Å². The molecule has 266 valence electrons. The number of benzene rings is 6. The number of allylic oxidation sites excluding steroid dienone is 4. The molecule has 1 nitrogen and oxygen atoms in total. The van der Waals surface area contributed by atoms with Crippen LogP contribution >= 0.6 is 0 Å². The van der Waals surface area contributed by atoms with Crippen LogP contribution in [0.3, 0.4) is 0 Å². The maximum absolute atomic E-state index is 2.50. The molecule has 6 aromatic rings. The van der Waals surface area contributed by atoms with Crippen LogP contribution in [0.4, 0.5) is 17.1 Å². The van der Waals surface area contributed by atoms with Crippen molar-refractivity contribution in [1.82, 2.24) is 0 Å². The molecule has 0 atom stereocenters. The molecule has 4 fully saturated rings. The molecule has 0 unspecified atom stereocenters. The van der Waals surface area contributed by atoms with E-state index in [1.54, 1.807) is 5.56 Å². The van der Waals surface area contributed by atoms with Crippen molar-refractivity contribution in [3.8, 4) is 22.3 Å². The normalized spacial score (nSPS) is 24.5. The fourth-order valence-corrected chi connectivity index (χ4v) is 12.2. The predicted molar refractivity (Wildman–Crippen MR) is 228 cm³/mol. The lowest BCUT2D eigenvalue weighted by molar-refractivity contribution is -0.00518. The molecule has 6 aliphatic carbocycles. The van der Waals surface area contributed by atoms with Gasteiger partial charge in [-0.1, -0.05) is 129 Å². The first-order valence-corrected chi connectivity index (χ1v) is 20.6. The van der Waals surface area contributed by atoms with Crippen molar-refractivity contribution in [2.24, 2.45) is 17.8 Å². The zero-order valence-corrected chi connectivity index (χ0v) is 31.7. The standard InChI is InChI=1S/C53H49N/c1-52(2)49-16-7-5-13-46(49)47-27-26-43(31-50(47)52)54(51-17-8-6-14-48(51)45-15-9-11-40-10-3-4-12-44(40)45)42-24-20-39(21-25-42)38-18-22-41(23-19-38)53-32-35-28-36(33-53)30-37(29-35)34-53/h3-4,6-12,14-27,31,35-37H,5,13,28-30,32-34H2,1-2H3. The van der Waals surface area contributed by atoms with Crippen LogP contribution in [-0.4, -0.2) is 0 Å². The Labute approximate surface area is 321 Å². The molecule has 0 spiro atoms. The van der Waals surface area contributed by atoms with Crippen LogP contribution in [0.2, 0.25) is 0 Å². The Hall–Kier alpha value is -5.14. The highest BCUT2D eigenvalue weighted by Crippen LogP contribution is 2.61. The summed E-state index contributed by atoms with van der Waals surface area (Å²) in [5.41, 5.74) is 16.5. The maximum atomic E-state index is 2.50. The highest BCUT2D eigenvalue weighted by Gasteiger charge is 2.51. The lowest BCUT2D eigenvalue weighted by Gasteiger charge is -2.57. The average Bonchev–Trinajstić information content (AvgIpc) is 3.43. The van der Waals surface area contributed by atoms with Gasteiger partial charge in [-0.05, 0) is 160 Å². The van der Waals surface area contributed by atoms with E-state index in [-0.39, 0.29) is 5.41 Å². The smallest absolute Gasteiger partial charge is 0.0540 e. The number of para-hydroxylation sites is 1. The van der Waals surface area contributed by atoms with Crippen LogP contribution in [-0.2, 0) is 10.8 Å². The van der Waals surface area contributed by atoms with Gasteiger partial charge in [-0.25, -0.2) is 0 Å². The Morgan fingerprint density at radius 3 is 1.96 bits per heavy atom. The van der Waals surface area contributed by atoms with Crippen LogP contribution < -0.4 is 4.90 Å². The van der Waals surface area contributed by atoms with Gasteiger partial charge < -0.3 is 4.90 Å². The highest BCUT2D eigenvalue weighted by molar-refractivity contribution is 6.01. The van der Waals surface area contributed by atoms with Gasteiger partial charge in [0.15, 0.2) is 0 Å². The number of hydrogen-bond donors (Lipinski definition) is 0. The van der Waals surface area contributed by atoms with E-state index >= 15 is 0 Å². The van der Waals surface area contributed by atoms with Gasteiger partial charge >= 0.3 is 0 Å². The molecule has 6 aromatic carbocycles. The van der Waals surface area contributed by atoms with E-state index in [1.165, 1.54) is 111 Å². The Morgan fingerprint density at radius 2 is 1.20 bits per heavy atom. The molecular weight excluding hydrogens is 651 g/mol. The zero-order valence-electron chi connectivity index (χ0n) is 31.7. The Balaban J connectivity index is 1.00. The Bertz CT molecular complexity index is 2450. The first kappa shape index (κ1) is 32.3. The van der Waals surface area contributed by atoms with Gasteiger partial charge in [0.2, 0.25) is 0 Å². The van der Waals surface area contributed by atoms with Crippen LogP contribution in [0.15, 0.2) is 151 Å². The molecule has 4 saturated carbocycles. The monoisotopic (exact) mass is 699 g/mol. The molecule has 0 N–H and O–H groups in total. The van der Waals surface area contributed by atoms with Gasteiger partial charge in [-0.15, -0.1) is 0 Å². The van der Waals surface area contributed by atoms with Gasteiger partial charge in [0.1, 0.15) is 0 Å². The molecule has 0 amide bonds. The van der Waals surface area contributed by atoms with Crippen molar-refractivity contribution >= 4 is 33.4 Å². The molecule has 0 aromatic heterocycles. The Kier molecular flexibility index (Phi) is 7.29. The van der Waals surface area contributed by atoms with E-state index < -0.39 is 0 Å². The number of anilines is 3. The van der Waals surface area contributed by atoms with Gasteiger partial charge in [-0.2, -0.15) is 0 Å². The van der Waals surface area contributed by atoms with E-state index in [9.17, 15) is 0 Å². The van der Waals surface area contributed by atoms with Crippen molar-refractivity contribution in [1.29, 1.82) is 0 Å². The lowest BCUT2D eigenvalue weighted by atomic mass is 9.48. The first-order valence-electron chi connectivity index (χ1n) is 20.6. The van der Waals surface area contributed by atoms with Gasteiger partial charge in [0.05, 0.1) is 5.69 Å². The summed E-state index contributed by atoms with van der Waals surface area (Å²) >= 11 is 0. The minimum Gasteiger partial charge on any atom is -0.310 e. The third-order valence-corrected chi connectivity index (χ3v) is 14.3. The second-order valence-electron chi connectivity index (χ2n) is 17.9. The number of hydrogen-bond acceptors (Lipinski definition) is 1. The largest absolute Gasteiger partial charge is 0.310 e. The minimum absolute atomic E-state index is 0.0371. The van der Waals surface area contributed by atoms with Gasteiger partial charge in [-0.3, -0.25) is 0 Å². The van der Waals surface area contributed by atoms with Crippen molar-refractivity contribution in [3.63, 3.8) is 0 Å². The lowest BCUT2D eigenvalue weighted by Crippen LogP contribution is -2.48. The van der Waals surface area contributed by atoms with Crippen molar-refractivity contribution < 1.29 is 0 Å². The summed E-state index contributed by atoms with van der Waals surface area (Å²) in [4.78, 5) is 2.50. The molecular formula is C53H49N. The molecule has 4 bridgehead atoms. The highest BCUT2D eigenvalue weighted by atomic mass is 15.1. The third-order valence-electron chi connectivity index (χ3n) is 14.3. The van der Waals surface area contributed by atoms with Crippen molar-refractivity contribution in [2.45, 2.75) is 76.0 Å². The maximum Gasteiger partial charge on any atom is 0.0540 e. The number of rotatable bonds is 6. The first-order chi connectivity index (χ1) is 26.4. The van der Waals surface area contributed by atoms with Crippen LogP contribution in [0.25, 0.3) is 38.6 Å². The zero-order chi connectivity index (χ0) is 36.0. The molecule has 1 heteroatoms. The van der Waals surface area contributed by atoms with E-state index in [2.05, 4.69) is 164 Å². The number of fused-ring (bicyclic) bond motifs is 3. The van der Waals surface area contributed by atoms with Crippen LogP contribution in [0.5, 0.6) is 0 Å². The minimum atomic E-state index is -0.0371. The summed E-state index contributed by atoms with van der Waals surface area (Å²) in [6.07, 6.45) is 15.7. The Morgan fingerprint density at radius 1 is 0.574 bits per heavy atom. The van der Waals surface area contributed by atoms with E-state index in [0.717, 1.165) is 30.6 Å². The molecule has 0 heterocycles. The average molecular weight is 700 g/mol. The summed E-state index contributed by atoms with van der Waals surface area (Å²) in [7, 11) is 0. The van der Waals surface area contributed by atoms with Gasteiger partial charge in [0.25, 0.3) is 0 Å². The quantitative estimate of drug-likeness (QED) is 0.167. The number of nitrogens with zero attached hydrogens (tertiary/aromatic N) is 1. The molecule has 0 saturated heterocycles. The summed E-state index contributed by atoms with van der Waals surface area (Å²) in [6, 6.07) is 50.8. The van der Waals surface area contributed by atoms with E-state index in [4.69, 9.17) is 0 Å². The predicted octanol–water partition coefficient (Wildman–Crippen LogP) is 14.5. The molecule has 6 aliphatic rings. The SMILES string of the molecule is CC1(C)C2=C(CCC=C2)c2ccc(N(c3ccc(-c4ccc(C56CC7CC(CC(C7)C5)C6)cc4)cc3)c3ccccc3-c3cccc4ccccc34)cc21. The summed E-state index contributed by atoms with van der Waals surface area (Å²) in [5, 5.41) is 2.54. The van der Waals surface area contributed by atoms with E-state index in [0.29, 0.717) is 5.41 Å². The summed E-state index contributed by atoms with van der Waals surface area (Å²) < 4.78 is 0. The fraction of sp³-hybridized carbons (Fsp3) is 0.283. The third kappa shape index (κ3) is 5.04. The second-order valence-corrected chi connectivity index (χ2v) is 17.9. The topological polar surface area (TPSA) is 3.24 Å². The molecule has 0 aliphatic heterocycles.